The van der Waals surface area contributed by atoms with Gasteiger partial charge in [-0.25, -0.2) is 19.3 Å². The van der Waals surface area contributed by atoms with Crippen molar-refractivity contribution in [2.24, 2.45) is 0 Å². The summed E-state index contributed by atoms with van der Waals surface area (Å²) in [5, 5.41) is 0. The minimum absolute atomic E-state index is 0.153. The highest BCUT2D eigenvalue weighted by Crippen LogP contribution is 2.22. The standard InChI is InChI=1S/C17H20FN5OS/c1-11-3-5-13(6-4-11)25-7-14(12(2)18)24-10-23-9-22-15-16(19)20-8-21-17(15)23/h3-6,8-9,12,14H,7,10H2,1-2H3,(H2,19,20,21)/t12-,14-/m1/s1. The van der Waals surface area contributed by atoms with Crippen LogP contribution in [0.3, 0.4) is 0 Å². The summed E-state index contributed by atoms with van der Waals surface area (Å²) in [6.45, 7) is 3.70. The van der Waals surface area contributed by atoms with Crippen LogP contribution < -0.4 is 5.73 Å². The lowest BCUT2D eigenvalue weighted by atomic mass is 10.2. The fourth-order valence-corrected chi connectivity index (χ4v) is 3.34. The van der Waals surface area contributed by atoms with Gasteiger partial charge in [0.1, 0.15) is 30.9 Å². The second kappa shape index (κ2) is 7.79. The lowest BCUT2D eigenvalue weighted by Crippen LogP contribution is -2.27. The average molecular weight is 361 g/mol. The fraction of sp³-hybridized carbons (Fsp3) is 0.353. The van der Waals surface area contributed by atoms with Crippen LogP contribution in [0.25, 0.3) is 11.2 Å². The first-order valence-electron chi connectivity index (χ1n) is 7.91. The minimum atomic E-state index is -1.09. The van der Waals surface area contributed by atoms with Gasteiger partial charge in [-0.1, -0.05) is 17.7 Å². The van der Waals surface area contributed by atoms with E-state index < -0.39 is 12.3 Å². The van der Waals surface area contributed by atoms with Gasteiger partial charge in [0.15, 0.2) is 11.5 Å². The Balaban J connectivity index is 1.63. The predicted molar refractivity (Wildman–Crippen MR) is 97.1 cm³/mol. The number of rotatable bonds is 7. The number of alkyl halides is 1. The highest BCUT2D eigenvalue weighted by molar-refractivity contribution is 7.99. The number of hydrogen-bond donors (Lipinski definition) is 1. The maximum Gasteiger partial charge on any atom is 0.167 e. The molecule has 3 aromatic rings. The molecular weight excluding hydrogens is 341 g/mol. The second-order valence-electron chi connectivity index (χ2n) is 5.78. The van der Waals surface area contributed by atoms with Gasteiger partial charge in [0.05, 0.1) is 6.33 Å². The van der Waals surface area contributed by atoms with Crippen LogP contribution in [0, 0.1) is 6.92 Å². The molecule has 0 saturated carbocycles. The minimum Gasteiger partial charge on any atom is -0.382 e. The SMILES string of the molecule is Cc1ccc(SC[C@@H](OCn2cnc3c(N)ncnc32)[C@@H](C)F)cc1. The van der Waals surface area contributed by atoms with Gasteiger partial charge in [-0.3, -0.25) is 4.57 Å². The van der Waals surface area contributed by atoms with Crippen LogP contribution >= 0.6 is 11.8 Å². The molecule has 0 aliphatic heterocycles. The van der Waals surface area contributed by atoms with Crippen molar-refractivity contribution in [3.8, 4) is 0 Å². The first-order chi connectivity index (χ1) is 12.0. The Hall–Kier alpha value is -2.19. The van der Waals surface area contributed by atoms with Crippen molar-refractivity contribution in [3.63, 3.8) is 0 Å². The van der Waals surface area contributed by atoms with Crippen molar-refractivity contribution in [2.45, 2.75) is 37.7 Å². The highest BCUT2D eigenvalue weighted by atomic mass is 32.2. The molecule has 0 aliphatic carbocycles. The molecule has 2 N–H and O–H groups in total. The molecule has 0 spiro atoms. The largest absolute Gasteiger partial charge is 0.382 e. The van der Waals surface area contributed by atoms with Gasteiger partial charge in [0.2, 0.25) is 0 Å². The Morgan fingerprint density at radius 1 is 1.24 bits per heavy atom. The van der Waals surface area contributed by atoms with E-state index in [0.29, 0.717) is 22.7 Å². The predicted octanol–water partition coefficient (Wildman–Crippen LogP) is 3.21. The van der Waals surface area contributed by atoms with Crippen molar-refractivity contribution < 1.29 is 9.13 Å². The van der Waals surface area contributed by atoms with Crippen LogP contribution in [0.1, 0.15) is 12.5 Å². The van der Waals surface area contributed by atoms with Crippen LogP contribution in [-0.4, -0.2) is 37.5 Å². The number of aromatic nitrogens is 4. The zero-order chi connectivity index (χ0) is 17.8. The zero-order valence-corrected chi connectivity index (χ0v) is 14.9. The van der Waals surface area contributed by atoms with E-state index in [4.69, 9.17) is 10.5 Å². The van der Waals surface area contributed by atoms with E-state index in [-0.39, 0.29) is 6.73 Å². The molecular formula is C17H20FN5OS. The number of halogens is 1. The molecule has 0 bridgehead atoms. The van der Waals surface area contributed by atoms with Gasteiger partial charge in [-0.15, -0.1) is 11.8 Å². The molecule has 25 heavy (non-hydrogen) atoms. The Kier molecular flexibility index (Phi) is 5.50. The van der Waals surface area contributed by atoms with Crippen molar-refractivity contribution in [1.29, 1.82) is 0 Å². The number of fused-ring (bicyclic) bond motifs is 1. The van der Waals surface area contributed by atoms with Gasteiger partial charge in [0.25, 0.3) is 0 Å². The molecule has 0 aliphatic rings. The number of aryl methyl sites for hydroxylation is 1. The molecule has 8 heteroatoms. The van der Waals surface area contributed by atoms with E-state index in [1.165, 1.54) is 18.8 Å². The molecule has 0 radical (unpaired) electrons. The van der Waals surface area contributed by atoms with E-state index in [2.05, 4.69) is 15.0 Å². The Morgan fingerprint density at radius 3 is 2.72 bits per heavy atom. The highest BCUT2D eigenvalue weighted by Gasteiger charge is 2.19. The van der Waals surface area contributed by atoms with Crippen LogP contribution in [0.15, 0.2) is 41.8 Å². The van der Waals surface area contributed by atoms with Crippen LogP contribution in [0.2, 0.25) is 0 Å². The Bertz CT molecular complexity index is 837. The maximum atomic E-state index is 13.9. The van der Waals surface area contributed by atoms with Crippen molar-refractivity contribution in [3.05, 3.63) is 42.5 Å². The second-order valence-corrected chi connectivity index (χ2v) is 6.87. The van der Waals surface area contributed by atoms with Crippen LogP contribution in [-0.2, 0) is 11.5 Å². The normalized spacial score (nSPS) is 13.9. The average Bonchev–Trinajstić information content (AvgIpc) is 3.01. The van der Waals surface area contributed by atoms with Crippen LogP contribution in [0.4, 0.5) is 10.2 Å². The maximum absolute atomic E-state index is 13.9. The summed E-state index contributed by atoms with van der Waals surface area (Å²) in [5.74, 6) is 0.832. The number of hydrogen-bond acceptors (Lipinski definition) is 6. The molecule has 2 heterocycles. The van der Waals surface area contributed by atoms with Crippen LogP contribution in [0.5, 0.6) is 0 Å². The zero-order valence-electron chi connectivity index (χ0n) is 14.1. The molecule has 3 rings (SSSR count). The molecule has 0 saturated heterocycles. The Morgan fingerprint density at radius 2 is 2.00 bits per heavy atom. The molecule has 6 nitrogen and oxygen atoms in total. The summed E-state index contributed by atoms with van der Waals surface area (Å²) < 4.78 is 21.4. The van der Waals surface area contributed by atoms with E-state index in [9.17, 15) is 4.39 Å². The number of nitrogens with zero attached hydrogens (tertiary/aromatic N) is 4. The third-order valence-electron chi connectivity index (χ3n) is 3.80. The lowest BCUT2D eigenvalue weighted by molar-refractivity contribution is -0.0172. The van der Waals surface area contributed by atoms with Gasteiger partial charge >= 0.3 is 0 Å². The fourth-order valence-electron chi connectivity index (χ4n) is 2.30. The summed E-state index contributed by atoms with van der Waals surface area (Å²) in [6, 6.07) is 8.14. The van der Waals surface area contributed by atoms with Crippen molar-refractivity contribution in [2.75, 3.05) is 11.5 Å². The van der Waals surface area contributed by atoms with Gasteiger partial charge in [-0.05, 0) is 26.0 Å². The number of nitrogen functional groups attached to an aromatic ring is 1. The molecule has 2 atom stereocenters. The van der Waals surface area contributed by atoms with Crippen molar-refractivity contribution >= 4 is 28.7 Å². The topological polar surface area (TPSA) is 78.9 Å². The summed E-state index contributed by atoms with van der Waals surface area (Å²) >= 11 is 1.57. The summed E-state index contributed by atoms with van der Waals surface area (Å²) in [6.07, 6.45) is 1.32. The number of anilines is 1. The number of imidazole rings is 1. The van der Waals surface area contributed by atoms with E-state index >= 15 is 0 Å². The first-order valence-corrected chi connectivity index (χ1v) is 8.89. The quantitative estimate of drug-likeness (QED) is 0.651. The molecule has 0 unspecified atom stereocenters. The molecule has 0 amide bonds. The van der Waals surface area contributed by atoms with Gasteiger partial charge < -0.3 is 10.5 Å². The first kappa shape index (κ1) is 17.6. The summed E-state index contributed by atoms with van der Waals surface area (Å²) in [4.78, 5) is 13.3. The van der Waals surface area contributed by atoms with Gasteiger partial charge in [-0.2, -0.15) is 0 Å². The third kappa shape index (κ3) is 4.26. The van der Waals surface area contributed by atoms with Gasteiger partial charge in [0, 0.05) is 10.6 Å². The smallest absolute Gasteiger partial charge is 0.167 e. The number of thioether (sulfide) groups is 1. The summed E-state index contributed by atoms with van der Waals surface area (Å²) in [5.41, 5.74) is 8.06. The van der Waals surface area contributed by atoms with E-state index in [1.807, 2.05) is 31.2 Å². The van der Waals surface area contributed by atoms with E-state index in [1.54, 1.807) is 22.7 Å². The number of nitrogens with two attached hydrogens (primary N) is 1. The lowest BCUT2D eigenvalue weighted by Gasteiger charge is -2.19. The van der Waals surface area contributed by atoms with E-state index in [0.717, 1.165) is 4.90 Å². The number of ether oxygens (including phenoxy) is 1. The molecule has 132 valence electrons. The number of benzene rings is 1. The Labute approximate surface area is 149 Å². The van der Waals surface area contributed by atoms with Crippen molar-refractivity contribution in [1.82, 2.24) is 19.5 Å². The monoisotopic (exact) mass is 361 g/mol. The molecule has 2 aromatic heterocycles. The molecule has 1 aromatic carbocycles. The third-order valence-corrected chi connectivity index (χ3v) is 4.91. The molecule has 0 fully saturated rings. The summed E-state index contributed by atoms with van der Waals surface area (Å²) in [7, 11) is 0.